The van der Waals surface area contributed by atoms with E-state index in [-0.39, 0.29) is 24.2 Å². The van der Waals surface area contributed by atoms with Gasteiger partial charge in [0.2, 0.25) is 12.3 Å². The van der Waals surface area contributed by atoms with Crippen LogP contribution in [0.4, 0.5) is 10.1 Å². The smallest absolute Gasteiger partial charge is 0.226 e. The molecule has 0 heterocycles. The number of imide groups is 1. The van der Waals surface area contributed by atoms with Crippen LogP contribution in [0.2, 0.25) is 0 Å². The monoisotopic (exact) mass is 280 g/mol. The normalized spacial score (nSPS) is 11.8. The summed E-state index contributed by atoms with van der Waals surface area (Å²) in [5.74, 6) is -0.504. The first-order valence-corrected chi connectivity index (χ1v) is 6.73. The quantitative estimate of drug-likeness (QED) is 0.779. The van der Waals surface area contributed by atoms with Gasteiger partial charge in [0, 0.05) is 25.2 Å². The summed E-state index contributed by atoms with van der Waals surface area (Å²) in [6.07, 6.45) is 1.90. The lowest BCUT2D eigenvalue weighted by atomic mass is 10.1. The molecule has 5 heteroatoms. The maximum absolute atomic E-state index is 13.8. The molecular formula is C15H21FN2O2. The van der Waals surface area contributed by atoms with E-state index in [1.54, 1.807) is 6.07 Å². The van der Waals surface area contributed by atoms with E-state index in [1.807, 2.05) is 31.9 Å². The maximum Gasteiger partial charge on any atom is 0.226 e. The Morgan fingerprint density at radius 3 is 2.75 bits per heavy atom. The third kappa shape index (κ3) is 4.33. The van der Waals surface area contributed by atoms with Crippen LogP contribution in [-0.4, -0.2) is 25.4 Å². The Balaban J connectivity index is 2.64. The van der Waals surface area contributed by atoms with Gasteiger partial charge in [0.25, 0.3) is 0 Å². The van der Waals surface area contributed by atoms with Gasteiger partial charge in [0.15, 0.2) is 0 Å². The summed E-state index contributed by atoms with van der Waals surface area (Å²) in [5, 5.41) is 2.11. The van der Waals surface area contributed by atoms with E-state index in [9.17, 15) is 14.0 Å². The summed E-state index contributed by atoms with van der Waals surface area (Å²) in [7, 11) is 1.86. The van der Waals surface area contributed by atoms with Gasteiger partial charge >= 0.3 is 0 Å². The van der Waals surface area contributed by atoms with Crippen molar-refractivity contribution >= 4 is 18.0 Å². The van der Waals surface area contributed by atoms with Gasteiger partial charge in [-0.15, -0.1) is 0 Å². The minimum atomic E-state index is -0.298. The molecule has 0 aliphatic carbocycles. The molecule has 20 heavy (non-hydrogen) atoms. The molecule has 0 aliphatic heterocycles. The van der Waals surface area contributed by atoms with Crippen molar-refractivity contribution in [3.8, 4) is 0 Å². The summed E-state index contributed by atoms with van der Waals surface area (Å²) < 4.78 is 13.8. The van der Waals surface area contributed by atoms with Crippen LogP contribution in [0.5, 0.6) is 0 Å². The largest absolute Gasteiger partial charge is 0.372 e. The Kier molecular flexibility index (Phi) is 6.15. The number of nitrogens with zero attached hydrogens (tertiary/aromatic N) is 1. The second kappa shape index (κ2) is 7.62. The fourth-order valence-corrected chi connectivity index (χ4v) is 1.97. The van der Waals surface area contributed by atoms with E-state index in [0.717, 1.165) is 5.69 Å². The van der Waals surface area contributed by atoms with Crippen LogP contribution in [0.3, 0.4) is 0 Å². The predicted molar refractivity (Wildman–Crippen MR) is 77.1 cm³/mol. The Morgan fingerprint density at radius 1 is 1.50 bits per heavy atom. The Labute approximate surface area is 119 Å². The van der Waals surface area contributed by atoms with Crippen molar-refractivity contribution < 1.29 is 14.0 Å². The van der Waals surface area contributed by atoms with E-state index >= 15 is 0 Å². The van der Waals surface area contributed by atoms with Crippen LogP contribution in [0.1, 0.15) is 32.3 Å². The zero-order valence-electron chi connectivity index (χ0n) is 12.1. The van der Waals surface area contributed by atoms with Gasteiger partial charge < -0.3 is 4.90 Å². The number of anilines is 1. The van der Waals surface area contributed by atoms with Gasteiger partial charge in [-0.2, -0.15) is 0 Å². The van der Waals surface area contributed by atoms with Crippen LogP contribution in [0, 0.1) is 5.82 Å². The molecule has 0 aliphatic rings. The molecule has 0 aromatic heterocycles. The van der Waals surface area contributed by atoms with Crippen LogP contribution < -0.4 is 10.2 Å². The zero-order valence-corrected chi connectivity index (χ0v) is 12.1. The molecular weight excluding hydrogens is 259 g/mol. The highest BCUT2D eigenvalue weighted by Crippen LogP contribution is 2.21. The first-order valence-electron chi connectivity index (χ1n) is 6.73. The number of carbonyl (C=O) groups is 2. The second-order valence-electron chi connectivity index (χ2n) is 4.81. The van der Waals surface area contributed by atoms with E-state index in [1.165, 1.54) is 6.07 Å². The van der Waals surface area contributed by atoms with Crippen molar-refractivity contribution in [2.24, 2.45) is 0 Å². The lowest BCUT2D eigenvalue weighted by molar-refractivity contribution is -0.125. The number of nitrogens with one attached hydrogen (secondary N) is 1. The molecule has 0 saturated carbocycles. The summed E-state index contributed by atoms with van der Waals surface area (Å²) in [6.45, 7) is 3.87. The predicted octanol–water partition coefficient (Wildman–Crippen LogP) is 2.27. The average molecular weight is 280 g/mol. The molecule has 1 aromatic carbocycles. The van der Waals surface area contributed by atoms with E-state index in [4.69, 9.17) is 0 Å². The fourth-order valence-electron chi connectivity index (χ4n) is 1.97. The first-order chi connectivity index (χ1) is 9.49. The van der Waals surface area contributed by atoms with Crippen molar-refractivity contribution in [2.45, 2.75) is 39.2 Å². The topological polar surface area (TPSA) is 49.4 Å². The number of hydrogen-bond acceptors (Lipinski definition) is 3. The fraction of sp³-hybridized carbons (Fsp3) is 0.467. The van der Waals surface area contributed by atoms with Crippen LogP contribution in [-0.2, 0) is 16.0 Å². The van der Waals surface area contributed by atoms with Crippen molar-refractivity contribution in [2.75, 3.05) is 11.9 Å². The molecule has 0 fully saturated rings. The summed E-state index contributed by atoms with van der Waals surface area (Å²) in [6, 6.07) is 5.25. The molecule has 0 bridgehead atoms. The number of aryl methyl sites for hydroxylation is 1. The molecule has 110 valence electrons. The molecule has 2 amide bonds. The number of rotatable bonds is 7. The molecule has 1 N–H and O–H groups in total. The molecule has 1 aromatic rings. The van der Waals surface area contributed by atoms with Crippen LogP contribution in [0.25, 0.3) is 0 Å². The number of carbonyl (C=O) groups excluding carboxylic acids is 2. The lowest BCUT2D eigenvalue weighted by Gasteiger charge is -2.27. The molecule has 1 rings (SSSR count). The van der Waals surface area contributed by atoms with E-state index in [2.05, 4.69) is 5.32 Å². The van der Waals surface area contributed by atoms with Gasteiger partial charge in [-0.05, 0) is 37.5 Å². The maximum atomic E-state index is 13.8. The summed E-state index contributed by atoms with van der Waals surface area (Å²) >= 11 is 0. The van der Waals surface area contributed by atoms with Gasteiger partial charge in [-0.3, -0.25) is 14.9 Å². The number of amides is 2. The van der Waals surface area contributed by atoms with Crippen molar-refractivity contribution in [1.29, 1.82) is 0 Å². The minimum absolute atomic E-state index is 0.0688. The van der Waals surface area contributed by atoms with E-state index in [0.29, 0.717) is 24.8 Å². The summed E-state index contributed by atoms with van der Waals surface area (Å²) in [5.41, 5.74) is 1.48. The highest BCUT2D eigenvalue weighted by atomic mass is 19.1. The lowest BCUT2D eigenvalue weighted by Crippen LogP contribution is -2.31. The third-order valence-electron chi connectivity index (χ3n) is 3.50. The second-order valence-corrected chi connectivity index (χ2v) is 4.81. The van der Waals surface area contributed by atoms with Crippen molar-refractivity contribution in [3.63, 3.8) is 0 Å². The molecule has 0 saturated heterocycles. The van der Waals surface area contributed by atoms with Crippen molar-refractivity contribution in [1.82, 2.24) is 5.32 Å². The standard InChI is InChI=1S/C15H21FN2O2/c1-4-12-6-7-13(9-14(12)16)18(3)11(2)5-8-15(20)17-10-19/h6-7,9-11H,4-5,8H2,1-3H3,(H,17,19,20). The minimum Gasteiger partial charge on any atom is -0.372 e. The van der Waals surface area contributed by atoms with Gasteiger partial charge in [-0.1, -0.05) is 13.0 Å². The van der Waals surface area contributed by atoms with Crippen molar-refractivity contribution in [3.05, 3.63) is 29.6 Å². The van der Waals surface area contributed by atoms with Gasteiger partial charge in [-0.25, -0.2) is 4.39 Å². The van der Waals surface area contributed by atoms with E-state index < -0.39 is 0 Å². The van der Waals surface area contributed by atoms with Gasteiger partial charge in [0.05, 0.1) is 0 Å². The Hall–Kier alpha value is -1.91. The Morgan fingerprint density at radius 2 is 2.20 bits per heavy atom. The molecule has 0 radical (unpaired) electrons. The molecule has 1 atom stereocenters. The SMILES string of the molecule is CCc1ccc(N(C)C(C)CCC(=O)NC=O)cc1F. The molecule has 1 unspecified atom stereocenters. The molecule has 0 spiro atoms. The first kappa shape index (κ1) is 16.1. The number of hydrogen-bond donors (Lipinski definition) is 1. The number of benzene rings is 1. The zero-order chi connectivity index (χ0) is 15.1. The Bertz CT molecular complexity index is 477. The highest BCUT2D eigenvalue weighted by Gasteiger charge is 2.13. The third-order valence-corrected chi connectivity index (χ3v) is 3.50. The van der Waals surface area contributed by atoms with Crippen LogP contribution in [0.15, 0.2) is 18.2 Å². The summed E-state index contributed by atoms with van der Waals surface area (Å²) in [4.78, 5) is 23.3. The number of halogens is 1. The molecule has 4 nitrogen and oxygen atoms in total. The van der Waals surface area contributed by atoms with Gasteiger partial charge in [0.1, 0.15) is 5.82 Å². The van der Waals surface area contributed by atoms with Crippen LogP contribution >= 0.6 is 0 Å². The highest BCUT2D eigenvalue weighted by molar-refractivity contribution is 5.85. The average Bonchev–Trinajstić information content (AvgIpc) is 2.44.